The molecule has 0 spiro atoms. The van der Waals surface area contributed by atoms with Gasteiger partial charge in [0.2, 0.25) is 0 Å². The molecule has 2 nitrogen and oxygen atoms in total. The van der Waals surface area contributed by atoms with E-state index in [1.807, 2.05) is 0 Å². The standard InChI is InChI=1S/C6H11NO/c1-4-5-8-6(2)7-3/h4,7H,1-2,5H2,3H3. The Hall–Kier alpha value is -0.920. The Bertz CT molecular complexity index is 88.5. The molecule has 0 rings (SSSR count). The second-order valence-electron chi connectivity index (χ2n) is 1.27. The molecule has 0 aliphatic carbocycles. The molecule has 0 aromatic rings. The van der Waals surface area contributed by atoms with Crippen molar-refractivity contribution >= 4 is 0 Å². The van der Waals surface area contributed by atoms with Gasteiger partial charge in [-0.25, -0.2) is 0 Å². The van der Waals surface area contributed by atoms with Crippen molar-refractivity contribution in [1.29, 1.82) is 0 Å². The molecule has 0 amide bonds. The fourth-order valence-corrected chi connectivity index (χ4v) is 0.232. The quantitative estimate of drug-likeness (QED) is 0.431. The van der Waals surface area contributed by atoms with Crippen molar-refractivity contribution in [1.82, 2.24) is 5.32 Å². The minimum Gasteiger partial charge on any atom is -0.476 e. The molecular weight excluding hydrogens is 102 g/mol. The summed E-state index contributed by atoms with van der Waals surface area (Å²) in [6, 6.07) is 0. The normalized spacial score (nSPS) is 7.62. The Morgan fingerprint density at radius 3 is 2.88 bits per heavy atom. The summed E-state index contributed by atoms with van der Waals surface area (Å²) in [5, 5.41) is 2.74. The Morgan fingerprint density at radius 1 is 1.88 bits per heavy atom. The maximum atomic E-state index is 4.92. The average Bonchev–Trinajstić information content (AvgIpc) is 1.83. The van der Waals surface area contributed by atoms with Crippen LogP contribution in [0.4, 0.5) is 0 Å². The predicted octanol–water partition coefficient (Wildman–Crippen LogP) is 0.880. The molecule has 1 N–H and O–H groups in total. The molecule has 0 radical (unpaired) electrons. The van der Waals surface area contributed by atoms with Crippen molar-refractivity contribution in [3.8, 4) is 0 Å². The van der Waals surface area contributed by atoms with Gasteiger partial charge in [-0.05, 0) is 6.58 Å². The van der Waals surface area contributed by atoms with Crippen LogP contribution in [0.3, 0.4) is 0 Å². The fraction of sp³-hybridized carbons (Fsp3) is 0.333. The molecule has 0 saturated carbocycles. The van der Waals surface area contributed by atoms with Gasteiger partial charge >= 0.3 is 0 Å². The summed E-state index contributed by atoms with van der Waals surface area (Å²) in [7, 11) is 1.76. The monoisotopic (exact) mass is 113 g/mol. The molecule has 0 fully saturated rings. The first-order chi connectivity index (χ1) is 3.81. The van der Waals surface area contributed by atoms with Gasteiger partial charge < -0.3 is 10.1 Å². The van der Waals surface area contributed by atoms with Crippen LogP contribution in [0.25, 0.3) is 0 Å². The first kappa shape index (κ1) is 7.08. The molecular formula is C6H11NO. The number of rotatable bonds is 4. The molecule has 46 valence electrons. The van der Waals surface area contributed by atoms with Crippen LogP contribution in [0, 0.1) is 0 Å². The van der Waals surface area contributed by atoms with Crippen molar-refractivity contribution in [3.05, 3.63) is 25.1 Å². The van der Waals surface area contributed by atoms with Crippen LogP contribution >= 0.6 is 0 Å². The van der Waals surface area contributed by atoms with Gasteiger partial charge in [-0.3, -0.25) is 0 Å². The summed E-state index contributed by atoms with van der Waals surface area (Å²) >= 11 is 0. The first-order valence-corrected chi connectivity index (χ1v) is 2.41. The fourth-order valence-electron chi connectivity index (χ4n) is 0.232. The van der Waals surface area contributed by atoms with Crippen LogP contribution in [-0.2, 0) is 4.74 Å². The predicted molar refractivity (Wildman–Crippen MR) is 34.3 cm³/mol. The van der Waals surface area contributed by atoms with E-state index in [0.717, 1.165) is 0 Å². The molecule has 0 aliphatic rings. The lowest BCUT2D eigenvalue weighted by molar-refractivity contribution is 0.230. The molecule has 0 aromatic carbocycles. The van der Waals surface area contributed by atoms with E-state index >= 15 is 0 Å². The summed E-state index contributed by atoms with van der Waals surface area (Å²) < 4.78 is 4.92. The van der Waals surface area contributed by atoms with Gasteiger partial charge in [0, 0.05) is 7.05 Å². The Labute approximate surface area is 49.8 Å². The summed E-state index contributed by atoms with van der Waals surface area (Å²) in [4.78, 5) is 0. The largest absolute Gasteiger partial charge is 0.476 e. The summed E-state index contributed by atoms with van der Waals surface area (Å²) in [6.07, 6.45) is 1.67. The van der Waals surface area contributed by atoms with E-state index in [4.69, 9.17) is 4.74 Å². The number of nitrogens with one attached hydrogen (secondary N) is 1. The molecule has 2 heteroatoms. The lowest BCUT2D eigenvalue weighted by atomic mass is 10.7. The Balaban J connectivity index is 3.11. The molecule has 0 aromatic heterocycles. The zero-order valence-electron chi connectivity index (χ0n) is 5.11. The van der Waals surface area contributed by atoms with E-state index in [-0.39, 0.29) is 0 Å². The summed E-state index contributed by atoms with van der Waals surface area (Å²) in [5.41, 5.74) is 0. The molecule has 0 heterocycles. The minimum absolute atomic E-state index is 0.514. The molecule has 0 saturated heterocycles. The second-order valence-corrected chi connectivity index (χ2v) is 1.27. The average molecular weight is 113 g/mol. The highest BCUT2D eigenvalue weighted by atomic mass is 16.5. The van der Waals surface area contributed by atoms with Crippen LogP contribution in [0.2, 0.25) is 0 Å². The first-order valence-electron chi connectivity index (χ1n) is 2.41. The van der Waals surface area contributed by atoms with Crippen molar-refractivity contribution in [2.24, 2.45) is 0 Å². The van der Waals surface area contributed by atoms with Crippen LogP contribution < -0.4 is 5.32 Å². The zero-order valence-corrected chi connectivity index (χ0v) is 5.11. The second kappa shape index (κ2) is 4.24. The maximum Gasteiger partial charge on any atom is 0.179 e. The van der Waals surface area contributed by atoms with Gasteiger partial charge in [0.05, 0.1) is 0 Å². The van der Waals surface area contributed by atoms with Crippen LogP contribution in [-0.4, -0.2) is 13.7 Å². The van der Waals surface area contributed by atoms with Crippen LogP contribution in [0.5, 0.6) is 0 Å². The molecule has 0 unspecified atom stereocenters. The highest BCUT2D eigenvalue weighted by Crippen LogP contribution is 1.83. The SMILES string of the molecule is C=CCOC(=C)NC. The topological polar surface area (TPSA) is 21.3 Å². The lowest BCUT2D eigenvalue weighted by Gasteiger charge is -2.03. The lowest BCUT2D eigenvalue weighted by Crippen LogP contribution is -2.07. The van der Waals surface area contributed by atoms with E-state index in [0.29, 0.717) is 12.5 Å². The number of ether oxygens (including phenoxy) is 1. The third-order valence-electron chi connectivity index (χ3n) is 0.654. The third-order valence-corrected chi connectivity index (χ3v) is 0.654. The highest BCUT2D eigenvalue weighted by molar-refractivity contribution is 4.78. The van der Waals surface area contributed by atoms with Gasteiger partial charge in [0.25, 0.3) is 0 Å². The molecule has 0 bridgehead atoms. The smallest absolute Gasteiger partial charge is 0.179 e. The highest BCUT2D eigenvalue weighted by Gasteiger charge is 1.81. The van der Waals surface area contributed by atoms with Crippen molar-refractivity contribution < 1.29 is 4.74 Å². The summed E-state index contributed by atoms with van der Waals surface area (Å²) in [6.45, 7) is 7.52. The van der Waals surface area contributed by atoms with E-state index in [1.165, 1.54) is 0 Å². The van der Waals surface area contributed by atoms with Gasteiger partial charge in [-0.15, -0.1) is 0 Å². The van der Waals surface area contributed by atoms with E-state index in [9.17, 15) is 0 Å². The maximum absolute atomic E-state index is 4.92. The summed E-state index contributed by atoms with van der Waals surface area (Å²) in [5.74, 6) is 0.574. The molecule has 0 atom stereocenters. The van der Waals surface area contributed by atoms with Crippen LogP contribution in [0.1, 0.15) is 0 Å². The van der Waals surface area contributed by atoms with Crippen LogP contribution in [0.15, 0.2) is 25.1 Å². The van der Waals surface area contributed by atoms with Gasteiger partial charge in [0.1, 0.15) is 6.61 Å². The van der Waals surface area contributed by atoms with Gasteiger partial charge in [0.15, 0.2) is 5.88 Å². The van der Waals surface area contributed by atoms with E-state index in [2.05, 4.69) is 18.5 Å². The zero-order chi connectivity index (χ0) is 6.41. The van der Waals surface area contributed by atoms with Gasteiger partial charge in [-0.1, -0.05) is 12.7 Å². The van der Waals surface area contributed by atoms with Crippen molar-refractivity contribution in [3.63, 3.8) is 0 Å². The van der Waals surface area contributed by atoms with E-state index in [1.54, 1.807) is 13.1 Å². The van der Waals surface area contributed by atoms with Crippen molar-refractivity contribution in [2.45, 2.75) is 0 Å². The Kier molecular flexibility index (Phi) is 3.76. The Morgan fingerprint density at radius 2 is 2.50 bits per heavy atom. The van der Waals surface area contributed by atoms with Crippen molar-refractivity contribution in [2.75, 3.05) is 13.7 Å². The van der Waals surface area contributed by atoms with E-state index < -0.39 is 0 Å². The number of hydrogen-bond acceptors (Lipinski definition) is 2. The molecule has 0 aliphatic heterocycles. The molecule has 8 heavy (non-hydrogen) atoms. The van der Waals surface area contributed by atoms with Gasteiger partial charge in [-0.2, -0.15) is 0 Å². The number of hydrogen-bond donors (Lipinski definition) is 1. The third kappa shape index (κ3) is 3.28. The minimum atomic E-state index is 0.514.